The summed E-state index contributed by atoms with van der Waals surface area (Å²) in [6.07, 6.45) is 11.2. The number of benzene rings is 1. The highest BCUT2D eigenvalue weighted by Gasteiger charge is 2.49. The minimum absolute atomic E-state index is 0.495. The van der Waals surface area contributed by atoms with Gasteiger partial charge in [0.15, 0.2) is 0 Å². The lowest BCUT2D eigenvalue weighted by Crippen LogP contribution is -2.64. The number of anilines is 2. The van der Waals surface area contributed by atoms with Crippen LogP contribution in [0.1, 0.15) is 99.2 Å². The third-order valence-corrected chi connectivity index (χ3v) is 8.43. The Labute approximate surface area is 182 Å². The molecule has 3 heteroatoms. The van der Waals surface area contributed by atoms with E-state index < -0.39 is 0 Å². The lowest BCUT2D eigenvalue weighted by Gasteiger charge is -2.60. The standard InChI is InChI=1S/C27H37N3/c1-4-18(3)22-10-8-20(28)16-24(22)19-7-9-23-25(15-19)29-21(5-2)17-26(23)30-14-13-27(30)11-6-12-27/h8,10,16-19H,4-7,9,11-15,28H2,1-3H3/t18-,19?/m0/s1. The number of pyridine rings is 1. The maximum atomic E-state index is 6.23. The first kappa shape index (κ1) is 19.9. The van der Waals surface area contributed by atoms with E-state index in [4.69, 9.17) is 10.7 Å². The van der Waals surface area contributed by atoms with Crippen LogP contribution in [-0.2, 0) is 19.3 Å². The van der Waals surface area contributed by atoms with Crippen LogP contribution in [0, 0.1) is 0 Å². The lowest BCUT2D eigenvalue weighted by molar-refractivity contribution is 0.151. The van der Waals surface area contributed by atoms with Gasteiger partial charge in [0.05, 0.1) is 0 Å². The Morgan fingerprint density at radius 3 is 2.67 bits per heavy atom. The predicted molar refractivity (Wildman–Crippen MR) is 126 cm³/mol. The first-order chi connectivity index (χ1) is 14.5. The fourth-order valence-electron chi connectivity index (χ4n) is 6.08. The van der Waals surface area contributed by atoms with E-state index in [0.29, 0.717) is 17.4 Å². The Balaban J connectivity index is 1.51. The largest absolute Gasteiger partial charge is 0.399 e. The van der Waals surface area contributed by atoms with Crippen molar-refractivity contribution >= 4 is 11.4 Å². The van der Waals surface area contributed by atoms with Gasteiger partial charge in [-0.2, -0.15) is 0 Å². The molecule has 2 fully saturated rings. The monoisotopic (exact) mass is 403 g/mol. The van der Waals surface area contributed by atoms with Crippen LogP contribution in [0.3, 0.4) is 0 Å². The SMILES string of the molecule is CCc1cc(N2CCC23CCC3)c2c(n1)CC(c1cc(N)ccc1[C@@H](C)CC)CC2. The van der Waals surface area contributed by atoms with Crippen molar-refractivity contribution in [1.82, 2.24) is 4.98 Å². The summed E-state index contributed by atoms with van der Waals surface area (Å²) < 4.78 is 0. The number of aryl methyl sites for hydroxylation is 1. The first-order valence-corrected chi connectivity index (χ1v) is 12.2. The van der Waals surface area contributed by atoms with Crippen LogP contribution in [0.25, 0.3) is 0 Å². The molecule has 5 rings (SSSR count). The molecular weight excluding hydrogens is 366 g/mol. The summed E-state index contributed by atoms with van der Waals surface area (Å²) >= 11 is 0. The minimum atomic E-state index is 0.495. The average Bonchev–Trinajstić information content (AvgIpc) is 2.70. The lowest BCUT2D eigenvalue weighted by atomic mass is 9.67. The molecule has 30 heavy (non-hydrogen) atoms. The molecule has 2 aliphatic carbocycles. The molecule has 2 heterocycles. The van der Waals surface area contributed by atoms with Gasteiger partial charge in [-0.25, -0.2) is 0 Å². The number of hydrogen-bond donors (Lipinski definition) is 1. The normalized spacial score (nSPS) is 22.9. The average molecular weight is 404 g/mol. The molecule has 0 bridgehead atoms. The van der Waals surface area contributed by atoms with Gasteiger partial charge in [0, 0.05) is 34.8 Å². The van der Waals surface area contributed by atoms with Crippen LogP contribution < -0.4 is 10.6 Å². The van der Waals surface area contributed by atoms with Gasteiger partial charge >= 0.3 is 0 Å². The van der Waals surface area contributed by atoms with E-state index in [1.165, 1.54) is 73.3 Å². The second-order valence-corrected chi connectivity index (χ2v) is 10.0. The number of nitrogen functional groups attached to an aromatic ring is 1. The molecule has 2 atom stereocenters. The summed E-state index contributed by atoms with van der Waals surface area (Å²) in [5.74, 6) is 1.11. The molecule has 3 nitrogen and oxygen atoms in total. The molecule has 0 radical (unpaired) electrons. The van der Waals surface area contributed by atoms with Gasteiger partial charge < -0.3 is 10.6 Å². The van der Waals surface area contributed by atoms with Gasteiger partial charge in [-0.05, 0) is 105 Å². The van der Waals surface area contributed by atoms with E-state index in [2.05, 4.69) is 49.9 Å². The molecule has 0 amide bonds. The highest BCUT2D eigenvalue weighted by molar-refractivity contribution is 5.62. The van der Waals surface area contributed by atoms with Crippen LogP contribution in [0.2, 0.25) is 0 Å². The molecule has 2 aromatic rings. The highest BCUT2D eigenvalue weighted by Crippen LogP contribution is 2.51. The second-order valence-electron chi connectivity index (χ2n) is 10.0. The number of hydrogen-bond acceptors (Lipinski definition) is 3. The third kappa shape index (κ3) is 3.13. The zero-order valence-corrected chi connectivity index (χ0v) is 19.0. The molecule has 1 saturated heterocycles. The van der Waals surface area contributed by atoms with Crippen LogP contribution in [0.15, 0.2) is 24.3 Å². The molecular formula is C27H37N3. The topological polar surface area (TPSA) is 42.2 Å². The van der Waals surface area contributed by atoms with Crippen molar-refractivity contribution in [2.75, 3.05) is 17.2 Å². The smallest absolute Gasteiger partial charge is 0.0465 e. The Bertz CT molecular complexity index is 938. The molecule has 1 unspecified atom stereocenters. The zero-order valence-electron chi connectivity index (χ0n) is 19.0. The number of aromatic nitrogens is 1. The van der Waals surface area contributed by atoms with Crippen molar-refractivity contribution in [3.05, 3.63) is 52.3 Å². The Kier molecular flexibility index (Phi) is 5.03. The maximum absolute atomic E-state index is 6.23. The van der Waals surface area contributed by atoms with Gasteiger partial charge in [-0.15, -0.1) is 0 Å². The van der Waals surface area contributed by atoms with Crippen molar-refractivity contribution in [3.8, 4) is 0 Å². The van der Waals surface area contributed by atoms with E-state index >= 15 is 0 Å². The molecule has 1 aromatic carbocycles. The molecule has 1 saturated carbocycles. The summed E-state index contributed by atoms with van der Waals surface area (Å²) in [6.45, 7) is 8.11. The highest BCUT2D eigenvalue weighted by atomic mass is 15.3. The summed E-state index contributed by atoms with van der Waals surface area (Å²) in [7, 11) is 0. The van der Waals surface area contributed by atoms with Crippen molar-refractivity contribution in [2.24, 2.45) is 0 Å². The maximum Gasteiger partial charge on any atom is 0.0465 e. The summed E-state index contributed by atoms with van der Waals surface area (Å²) in [5.41, 5.74) is 16.3. The number of nitrogens with two attached hydrogens (primary N) is 1. The van der Waals surface area contributed by atoms with Crippen molar-refractivity contribution < 1.29 is 0 Å². The quantitative estimate of drug-likeness (QED) is 0.609. The molecule has 1 aliphatic heterocycles. The molecule has 2 N–H and O–H groups in total. The van der Waals surface area contributed by atoms with Gasteiger partial charge in [0.1, 0.15) is 0 Å². The van der Waals surface area contributed by atoms with E-state index in [-0.39, 0.29) is 0 Å². The van der Waals surface area contributed by atoms with Crippen LogP contribution in [0.5, 0.6) is 0 Å². The zero-order chi connectivity index (χ0) is 20.9. The first-order valence-electron chi connectivity index (χ1n) is 12.2. The van der Waals surface area contributed by atoms with E-state index in [1.807, 2.05) is 0 Å². The molecule has 160 valence electrons. The third-order valence-electron chi connectivity index (χ3n) is 8.43. The van der Waals surface area contributed by atoms with E-state index in [0.717, 1.165) is 24.9 Å². The summed E-state index contributed by atoms with van der Waals surface area (Å²) in [6, 6.07) is 9.02. The van der Waals surface area contributed by atoms with Gasteiger partial charge in [-0.3, -0.25) is 4.98 Å². The summed E-state index contributed by atoms with van der Waals surface area (Å²) in [5, 5.41) is 0. The fraction of sp³-hybridized carbons (Fsp3) is 0.593. The van der Waals surface area contributed by atoms with E-state index in [9.17, 15) is 0 Å². The summed E-state index contributed by atoms with van der Waals surface area (Å²) in [4.78, 5) is 7.91. The van der Waals surface area contributed by atoms with Gasteiger partial charge in [0.2, 0.25) is 0 Å². The van der Waals surface area contributed by atoms with Crippen LogP contribution in [0.4, 0.5) is 11.4 Å². The minimum Gasteiger partial charge on any atom is -0.399 e. The van der Waals surface area contributed by atoms with Crippen molar-refractivity contribution in [2.45, 2.75) is 95.9 Å². The Hall–Kier alpha value is -2.03. The predicted octanol–water partition coefficient (Wildman–Crippen LogP) is 6.15. The van der Waals surface area contributed by atoms with Crippen LogP contribution >= 0.6 is 0 Å². The number of fused-ring (bicyclic) bond motifs is 1. The number of nitrogens with zero attached hydrogens (tertiary/aromatic N) is 2. The molecule has 1 aromatic heterocycles. The van der Waals surface area contributed by atoms with Crippen molar-refractivity contribution in [1.29, 1.82) is 0 Å². The Morgan fingerprint density at radius 1 is 1.20 bits per heavy atom. The number of rotatable bonds is 5. The van der Waals surface area contributed by atoms with Crippen molar-refractivity contribution in [3.63, 3.8) is 0 Å². The van der Waals surface area contributed by atoms with E-state index in [1.54, 1.807) is 5.56 Å². The second kappa shape index (κ2) is 7.59. The molecule has 1 spiro atoms. The molecule has 3 aliphatic rings. The van der Waals surface area contributed by atoms with Crippen LogP contribution in [-0.4, -0.2) is 17.1 Å². The fourth-order valence-corrected chi connectivity index (χ4v) is 6.08. The van der Waals surface area contributed by atoms with Gasteiger partial charge in [-0.1, -0.05) is 26.8 Å². The van der Waals surface area contributed by atoms with Gasteiger partial charge in [0.25, 0.3) is 0 Å². The Morgan fingerprint density at radius 2 is 2.03 bits per heavy atom.